The number of para-hydroxylation sites is 1. The molecule has 1 saturated carbocycles. The molecule has 38 heavy (non-hydrogen) atoms. The summed E-state index contributed by atoms with van der Waals surface area (Å²) < 4.78 is 37.1. The highest BCUT2D eigenvalue weighted by atomic mass is 19.1. The Morgan fingerprint density at radius 2 is 1.92 bits per heavy atom. The number of aryl methyl sites for hydroxylation is 1. The fourth-order valence-electron chi connectivity index (χ4n) is 4.35. The van der Waals surface area contributed by atoms with Crippen molar-refractivity contribution >= 4 is 22.4 Å². The quantitative estimate of drug-likeness (QED) is 0.304. The molecule has 0 unspecified atom stereocenters. The molecular formula is C28H26F2N6O2. The highest BCUT2D eigenvalue weighted by Gasteiger charge is 2.24. The molecule has 1 fully saturated rings. The SMILES string of the molecule is Cc1cc(NC2=C(O)CNC(c3nn(Cc4c(F)cc(OCC5CC5)cc4F)c4ccccc34)=N2)ccn1. The number of fused-ring (bicyclic) bond motifs is 1. The summed E-state index contributed by atoms with van der Waals surface area (Å²) in [5, 5.41) is 22.1. The number of hydrogen-bond acceptors (Lipinski definition) is 7. The third-order valence-corrected chi connectivity index (χ3v) is 6.57. The number of aliphatic imine (C=N–C) groups is 1. The lowest BCUT2D eigenvalue weighted by Gasteiger charge is -2.18. The second-order valence-electron chi connectivity index (χ2n) is 9.56. The van der Waals surface area contributed by atoms with Crippen LogP contribution in [0.4, 0.5) is 14.5 Å². The molecule has 0 atom stereocenters. The number of nitrogens with zero attached hydrogens (tertiary/aromatic N) is 4. The van der Waals surface area contributed by atoms with Gasteiger partial charge in [-0.25, -0.2) is 13.8 Å². The van der Waals surface area contributed by atoms with Gasteiger partial charge in [-0.1, -0.05) is 18.2 Å². The molecule has 1 aliphatic heterocycles. The molecule has 2 aromatic heterocycles. The van der Waals surface area contributed by atoms with Crippen LogP contribution < -0.4 is 15.4 Å². The van der Waals surface area contributed by atoms with E-state index in [1.54, 1.807) is 16.9 Å². The third-order valence-electron chi connectivity index (χ3n) is 6.57. The Balaban J connectivity index is 1.32. The largest absolute Gasteiger partial charge is 0.507 e. The third kappa shape index (κ3) is 4.89. The maximum Gasteiger partial charge on any atom is 0.172 e. The molecule has 6 rings (SSSR count). The molecule has 194 valence electrons. The van der Waals surface area contributed by atoms with Crippen LogP contribution in [0.15, 0.2) is 71.3 Å². The van der Waals surface area contributed by atoms with Crippen LogP contribution in [0.5, 0.6) is 5.75 Å². The lowest BCUT2D eigenvalue weighted by molar-refractivity contribution is 0.296. The van der Waals surface area contributed by atoms with E-state index in [9.17, 15) is 13.9 Å². The second kappa shape index (κ2) is 9.77. The van der Waals surface area contributed by atoms with E-state index in [0.717, 1.165) is 29.6 Å². The van der Waals surface area contributed by atoms with Crippen LogP contribution in [0, 0.1) is 24.5 Å². The topological polar surface area (TPSA) is 96.6 Å². The normalized spacial score (nSPS) is 15.4. The Hall–Kier alpha value is -4.47. The molecule has 2 aromatic carbocycles. The molecule has 4 aromatic rings. The smallest absolute Gasteiger partial charge is 0.172 e. The molecule has 0 saturated heterocycles. The van der Waals surface area contributed by atoms with Crippen molar-refractivity contribution in [1.82, 2.24) is 20.1 Å². The van der Waals surface area contributed by atoms with Crippen molar-refractivity contribution in [1.29, 1.82) is 0 Å². The first-order valence-corrected chi connectivity index (χ1v) is 12.5. The standard InChI is InChI=1S/C28H26F2N6O2/c1-16-10-18(8-9-31-16)33-27-25(37)13-32-28(34-27)26-20-4-2-3-5-24(20)36(35-26)14-21-22(29)11-19(12-23(21)30)38-15-17-6-7-17/h2-5,8-12,17,37H,6-7,13-15H2,1H3,(H,31,33)(H,32,34). The Bertz CT molecular complexity index is 1570. The lowest BCUT2D eigenvalue weighted by Crippen LogP contribution is -2.32. The Kier molecular flexibility index (Phi) is 6.15. The van der Waals surface area contributed by atoms with E-state index in [-0.39, 0.29) is 36.0 Å². The van der Waals surface area contributed by atoms with Crippen LogP contribution in [0.3, 0.4) is 0 Å². The average molecular weight is 517 g/mol. The van der Waals surface area contributed by atoms with Gasteiger partial charge in [0.1, 0.15) is 23.1 Å². The van der Waals surface area contributed by atoms with Crippen LogP contribution >= 0.6 is 0 Å². The average Bonchev–Trinajstić information content (AvgIpc) is 3.66. The number of aliphatic hydroxyl groups excluding tert-OH is 1. The van der Waals surface area contributed by atoms with E-state index in [2.05, 4.69) is 25.7 Å². The predicted molar refractivity (Wildman–Crippen MR) is 140 cm³/mol. The number of aliphatic hydroxyl groups is 1. The van der Waals surface area contributed by atoms with Crippen LogP contribution in [0.25, 0.3) is 10.9 Å². The Morgan fingerprint density at radius 1 is 1.13 bits per heavy atom. The molecule has 8 nitrogen and oxygen atoms in total. The van der Waals surface area contributed by atoms with Crippen molar-refractivity contribution in [2.75, 3.05) is 18.5 Å². The highest BCUT2D eigenvalue weighted by molar-refractivity contribution is 6.08. The van der Waals surface area contributed by atoms with Gasteiger partial charge in [0, 0.05) is 40.7 Å². The molecule has 0 amide bonds. The zero-order valence-corrected chi connectivity index (χ0v) is 20.7. The number of hydrogen-bond donors (Lipinski definition) is 3. The number of nitrogens with one attached hydrogen (secondary N) is 2. The van der Waals surface area contributed by atoms with E-state index in [1.807, 2.05) is 37.3 Å². The summed E-state index contributed by atoms with van der Waals surface area (Å²) in [5.41, 5.74) is 2.64. The monoisotopic (exact) mass is 516 g/mol. The number of pyridine rings is 1. The molecular weight excluding hydrogens is 490 g/mol. The predicted octanol–water partition coefficient (Wildman–Crippen LogP) is 5.04. The van der Waals surface area contributed by atoms with E-state index >= 15 is 0 Å². The molecule has 3 N–H and O–H groups in total. The van der Waals surface area contributed by atoms with E-state index in [4.69, 9.17) is 4.74 Å². The fourth-order valence-corrected chi connectivity index (χ4v) is 4.35. The molecule has 0 spiro atoms. The lowest BCUT2D eigenvalue weighted by atomic mass is 10.1. The number of rotatable bonds is 8. The number of halogens is 2. The van der Waals surface area contributed by atoms with E-state index < -0.39 is 11.6 Å². The number of aromatic nitrogens is 3. The summed E-state index contributed by atoms with van der Waals surface area (Å²) in [6, 6.07) is 13.5. The number of ether oxygens (including phenoxy) is 1. The maximum absolute atomic E-state index is 15.0. The van der Waals surface area contributed by atoms with Crippen LogP contribution in [0.1, 0.15) is 29.8 Å². The van der Waals surface area contributed by atoms with Gasteiger partial charge >= 0.3 is 0 Å². The van der Waals surface area contributed by atoms with Crippen molar-refractivity contribution in [3.63, 3.8) is 0 Å². The maximum atomic E-state index is 15.0. The van der Waals surface area contributed by atoms with Gasteiger partial charge in [-0.05, 0) is 43.9 Å². The Morgan fingerprint density at radius 3 is 2.68 bits per heavy atom. The van der Waals surface area contributed by atoms with Gasteiger partial charge in [-0.3, -0.25) is 9.67 Å². The Labute approximate surface area is 217 Å². The minimum atomic E-state index is -0.683. The van der Waals surface area contributed by atoms with Gasteiger partial charge in [0.05, 0.1) is 25.2 Å². The van der Waals surface area contributed by atoms with Crippen LogP contribution in [-0.4, -0.2) is 38.9 Å². The van der Waals surface area contributed by atoms with Crippen molar-refractivity contribution < 1.29 is 18.6 Å². The van der Waals surface area contributed by atoms with Crippen LogP contribution in [0.2, 0.25) is 0 Å². The molecule has 0 bridgehead atoms. The summed E-state index contributed by atoms with van der Waals surface area (Å²) >= 11 is 0. The second-order valence-corrected chi connectivity index (χ2v) is 9.56. The number of benzene rings is 2. The van der Waals surface area contributed by atoms with Gasteiger partial charge < -0.3 is 20.5 Å². The number of amidine groups is 1. The van der Waals surface area contributed by atoms with Crippen molar-refractivity contribution in [2.24, 2.45) is 10.9 Å². The van der Waals surface area contributed by atoms with Gasteiger partial charge in [0.15, 0.2) is 17.4 Å². The minimum Gasteiger partial charge on any atom is -0.507 e. The summed E-state index contributed by atoms with van der Waals surface area (Å²) in [6.07, 6.45) is 3.85. The first-order chi connectivity index (χ1) is 18.4. The van der Waals surface area contributed by atoms with E-state index in [0.29, 0.717) is 29.6 Å². The highest BCUT2D eigenvalue weighted by Crippen LogP contribution is 2.31. The molecule has 2 aliphatic rings. The van der Waals surface area contributed by atoms with Gasteiger partial charge in [0.2, 0.25) is 0 Å². The van der Waals surface area contributed by atoms with Gasteiger partial charge in [-0.15, -0.1) is 0 Å². The van der Waals surface area contributed by atoms with Crippen molar-refractivity contribution in [3.8, 4) is 5.75 Å². The first kappa shape index (κ1) is 23.9. The summed E-state index contributed by atoms with van der Waals surface area (Å²) in [6.45, 7) is 2.37. The molecule has 10 heteroatoms. The van der Waals surface area contributed by atoms with Gasteiger partial charge in [-0.2, -0.15) is 5.10 Å². The summed E-state index contributed by atoms with van der Waals surface area (Å²) in [7, 11) is 0. The van der Waals surface area contributed by atoms with E-state index in [1.165, 1.54) is 12.1 Å². The summed E-state index contributed by atoms with van der Waals surface area (Å²) in [5.74, 6) is 0.0533. The minimum absolute atomic E-state index is 0.0417. The summed E-state index contributed by atoms with van der Waals surface area (Å²) in [4.78, 5) is 8.76. The zero-order valence-electron chi connectivity index (χ0n) is 20.7. The molecule has 1 aliphatic carbocycles. The van der Waals surface area contributed by atoms with Crippen molar-refractivity contribution in [2.45, 2.75) is 26.3 Å². The zero-order chi connectivity index (χ0) is 26.2. The fraction of sp³-hybridized carbons (Fsp3) is 0.250. The first-order valence-electron chi connectivity index (χ1n) is 12.5. The van der Waals surface area contributed by atoms with Gasteiger partial charge in [0.25, 0.3) is 0 Å². The molecule has 0 radical (unpaired) electrons. The molecule has 3 heterocycles. The number of anilines is 1. The van der Waals surface area contributed by atoms with Crippen molar-refractivity contribution in [3.05, 3.63) is 94.9 Å². The van der Waals surface area contributed by atoms with Crippen LogP contribution in [-0.2, 0) is 6.54 Å².